The van der Waals surface area contributed by atoms with Crippen molar-refractivity contribution in [3.05, 3.63) is 0 Å². The molecule has 2 atom stereocenters. The third-order valence-electron chi connectivity index (χ3n) is 4.46. The first-order chi connectivity index (χ1) is 8.59. The molecule has 0 radical (unpaired) electrons. The second-order valence-corrected chi connectivity index (χ2v) is 5.78. The van der Waals surface area contributed by atoms with Crippen LogP contribution in [0.4, 0.5) is 0 Å². The van der Waals surface area contributed by atoms with Crippen molar-refractivity contribution in [2.24, 2.45) is 11.8 Å². The Labute approximate surface area is 108 Å². The number of aliphatic carboxylic acids is 1. The zero-order chi connectivity index (χ0) is 13.1. The van der Waals surface area contributed by atoms with Gasteiger partial charge in [0.25, 0.3) is 0 Å². The predicted molar refractivity (Wildman–Crippen MR) is 68.1 cm³/mol. The molecule has 1 aliphatic heterocycles. The maximum absolute atomic E-state index is 12.4. The van der Waals surface area contributed by atoms with Gasteiger partial charge in [-0.2, -0.15) is 0 Å². The number of rotatable bonds is 2. The first kappa shape index (κ1) is 13.4. The highest BCUT2D eigenvalue weighted by Gasteiger charge is 2.35. The molecule has 2 aliphatic rings. The smallest absolute Gasteiger partial charge is 0.306 e. The van der Waals surface area contributed by atoms with Crippen LogP contribution >= 0.6 is 0 Å². The second-order valence-electron chi connectivity index (χ2n) is 5.78. The molecule has 2 unspecified atom stereocenters. The minimum atomic E-state index is -0.716. The first-order valence-corrected chi connectivity index (χ1v) is 7.13. The number of carboxylic acid groups (broad SMARTS) is 1. The average molecular weight is 253 g/mol. The molecule has 1 aliphatic carbocycles. The van der Waals surface area contributed by atoms with E-state index in [0.717, 1.165) is 25.7 Å². The molecule has 102 valence electrons. The molecule has 0 spiro atoms. The van der Waals surface area contributed by atoms with Gasteiger partial charge in [-0.15, -0.1) is 0 Å². The van der Waals surface area contributed by atoms with Crippen molar-refractivity contribution in [1.82, 2.24) is 4.90 Å². The third kappa shape index (κ3) is 2.85. The highest BCUT2D eigenvalue weighted by Crippen LogP contribution is 2.29. The van der Waals surface area contributed by atoms with Crippen LogP contribution < -0.4 is 0 Å². The van der Waals surface area contributed by atoms with E-state index < -0.39 is 5.97 Å². The normalized spacial score (nSPS) is 30.2. The van der Waals surface area contributed by atoms with E-state index in [-0.39, 0.29) is 23.8 Å². The number of hydrogen-bond donors (Lipinski definition) is 1. The fourth-order valence-electron chi connectivity index (χ4n) is 3.31. The van der Waals surface area contributed by atoms with Crippen LogP contribution in [0.5, 0.6) is 0 Å². The Kier molecular flexibility index (Phi) is 4.25. The van der Waals surface area contributed by atoms with Crippen molar-refractivity contribution in [3.8, 4) is 0 Å². The van der Waals surface area contributed by atoms with Gasteiger partial charge < -0.3 is 10.0 Å². The molecule has 1 saturated heterocycles. The standard InChI is InChI=1S/C14H23NO3/c1-10-9-12(14(17)18)7-8-15(10)13(16)11-5-3-2-4-6-11/h10-12H,2-9H2,1H3,(H,17,18). The van der Waals surface area contributed by atoms with Gasteiger partial charge in [-0.05, 0) is 32.6 Å². The Balaban J connectivity index is 1.93. The number of amides is 1. The van der Waals surface area contributed by atoms with Crippen molar-refractivity contribution in [2.75, 3.05) is 6.54 Å². The predicted octanol–water partition coefficient (Wildman–Crippen LogP) is 2.28. The number of nitrogens with zero attached hydrogens (tertiary/aromatic N) is 1. The van der Waals surface area contributed by atoms with Crippen molar-refractivity contribution in [2.45, 2.75) is 57.9 Å². The maximum atomic E-state index is 12.4. The molecule has 4 heteroatoms. The highest BCUT2D eigenvalue weighted by molar-refractivity contribution is 5.80. The summed E-state index contributed by atoms with van der Waals surface area (Å²) in [5.41, 5.74) is 0. The topological polar surface area (TPSA) is 57.6 Å². The van der Waals surface area contributed by atoms with Gasteiger partial charge in [-0.3, -0.25) is 9.59 Å². The number of carbonyl (C=O) groups excluding carboxylic acids is 1. The molecular formula is C14H23NO3. The van der Waals surface area contributed by atoms with Gasteiger partial charge in [0.2, 0.25) is 5.91 Å². The van der Waals surface area contributed by atoms with Crippen LogP contribution in [0.15, 0.2) is 0 Å². The third-order valence-corrected chi connectivity index (χ3v) is 4.46. The lowest BCUT2D eigenvalue weighted by Gasteiger charge is -2.39. The largest absolute Gasteiger partial charge is 0.481 e. The fraction of sp³-hybridized carbons (Fsp3) is 0.857. The fourth-order valence-corrected chi connectivity index (χ4v) is 3.31. The van der Waals surface area contributed by atoms with Gasteiger partial charge in [0.05, 0.1) is 5.92 Å². The number of carbonyl (C=O) groups is 2. The Hall–Kier alpha value is -1.06. The van der Waals surface area contributed by atoms with Gasteiger partial charge in [0.15, 0.2) is 0 Å². The Morgan fingerprint density at radius 3 is 2.28 bits per heavy atom. The van der Waals surface area contributed by atoms with Gasteiger partial charge in [0.1, 0.15) is 0 Å². The lowest BCUT2D eigenvalue weighted by molar-refractivity contribution is -0.149. The monoisotopic (exact) mass is 253 g/mol. The van der Waals surface area contributed by atoms with Crippen LogP contribution in [-0.2, 0) is 9.59 Å². The molecule has 2 fully saturated rings. The summed E-state index contributed by atoms with van der Waals surface area (Å²) < 4.78 is 0. The summed E-state index contributed by atoms with van der Waals surface area (Å²) >= 11 is 0. The van der Waals surface area contributed by atoms with Gasteiger partial charge >= 0.3 is 5.97 Å². The summed E-state index contributed by atoms with van der Waals surface area (Å²) in [6.07, 6.45) is 6.83. The molecule has 2 rings (SSSR count). The van der Waals surface area contributed by atoms with Crippen molar-refractivity contribution < 1.29 is 14.7 Å². The molecule has 1 heterocycles. The number of carboxylic acids is 1. The molecule has 18 heavy (non-hydrogen) atoms. The zero-order valence-corrected chi connectivity index (χ0v) is 11.1. The number of likely N-dealkylation sites (tertiary alicyclic amines) is 1. The SMILES string of the molecule is CC1CC(C(=O)O)CCN1C(=O)C1CCCCC1. The van der Waals surface area contributed by atoms with E-state index in [2.05, 4.69) is 0 Å². The van der Waals surface area contributed by atoms with Gasteiger partial charge in [0, 0.05) is 18.5 Å². The molecule has 0 aromatic heterocycles. The molecule has 4 nitrogen and oxygen atoms in total. The van der Waals surface area contributed by atoms with Gasteiger partial charge in [-0.1, -0.05) is 19.3 Å². The summed E-state index contributed by atoms with van der Waals surface area (Å²) in [7, 11) is 0. The number of hydrogen-bond acceptors (Lipinski definition) is 2. The van der Waals surface area contributed by atoms with E-state index in [9.17, 15) is 9.59 Å². The lowest BCUT2D eigenvalue weighted by atomic mass is 9.85. The van der Waals surface area contributed by atoms with E-state index in [0.29, 0.717) is 19.4 Å². The highest BCUT2D eigenvalue weighted by atomic mass is 16.4. The van der Waals surface area contributed by atoms with E-state index in [1.165, 1.54) is 6.42 Å². The summed E-state index contributed by atoms with van der Waals surface area (Å²) in [5, 5.41) is 9.03. The molecule has 0 aromatic rings. The Morgan fingerprint density at radius 2 is 1.72 bits per heavy atom. The lowest BCUT2D eigenvalue weighted by Crippen LogP contribution is -2.48. The Morgan fingerprint density at radius 1 is 1.06 bits per heavy atom. The van der Waals surface area contributed by atoms with E-state index in [4.69, 9.17) is 5.11 Å². The summed E-state index contributed by atoms with van der Waals surface area (Å²) in [5.74, 6) is -0.518. The van der Waals surface area contributed by atoms with Crippen LogP contribution in [0.2, 0.25) is 0 Å². The average Bonchev–Trinajstić information content (AvgIpc) is 2.38. The van der Waals surface area contributed by atoms with Gasteiger partial charge in [-0.25, -0.2) is 0 Å². The van der Waals surface area contributed by atoms with Crippen molar-refractivity contribution in [1.29, 1.82) is 0 Å². The van der Waals surface area contributed by atoms with Crippen LogP contribution in [0, 0.1) is 11.8 Å². The molecule has 1 saturated carbocycles. The van der Waals surface area contributed by atoms with E-state index in [1.54, 1.807) is 0 Å². The molecule has 0 aromatic carbocycles. The van der Waals surface area contributed by atoms with Crippen LogP contribution in [0.25, 0.3) is 0 Å². The van der Waals surface area contributed by atoms with Crippen molar-refractivity contribution in [3.63, 3.8) is 0 Å². The minimum absolute atomic E-state index is 0.0780. The van der Waals surface area contributed by atoms with Crippen LogP contribution in [0.3, 0.4) is 0 Å². The van der Waals surface area contributed by atoms with E-state index in [1.807, 2.05) is 11.8 Å². The molecule has 1 N–H and O–H groups in total. The summed E-state index contributed by atoms with van der Waals surface area (Å²) in [6, 6.07) is 0.0780. The number of piperidine rings is 1. The minimum Gasteiger partial charge on any atom is -0.481 e. The first-order valence-electron chi connectivity index (χ1n) is 7.13. The maximum Gasteiger partial charge on any atom is 0.306 e. The van der Waals surface area contributed by atoms with E-state index >= 15 is 0 Å². The second kappa shape index (κ2) is 5.72. The van der Waals surface area contributed by atoms with Crippen LogP contribution in [-0.4, -0.2) is 34.5 Å². The summed E-state index contributed by atoms with van der Waals surface area (Å²) in [4.78, 5) is 25.3. The summed E-state index contributed by atoms with van der Waals surface area (Å²) in [6.45, 7) is 2.60. The molecule has 1 amide bonds. The zero-order valence-electron chi connectivity index (χ0n) is 11.1. The molecule has 0 bridgehead atoms. The van der Waals surface area contributed by atoms with Crippen molar-refractivity contribution >= 4 is 11.9 Å². The quantitative estimate of drug-likeness (QED) is 0.821. The Bertz CT molecular complexity index is 323. The molecular weight excluding hydrogens is 230 g/mol. The van der Waals surface area contributed by atoms with Crippen LogP contribution in [0.1, 0.15) is 51.9 Å².